The van der Waals surface area contributed by atoms with Crippen molar-refractivity contribution in [1.82, 2.24) is 10.2 Å². The Morgan fingerprint density at radius 1 is 1.50 bits per heavy atom. The standard InChI is InChI=1S/C15H21F3N2OS/c1-14(2)10-20(8-6-12(14)15(16,17)18)13(21)19-7-5-11-4-3-9-22-11/h3-4,9,12H,5-8,10H2,1-2H3,(H,19,21)/t12-/m0/s1. The molecule has 1 aromatic heterocycles. The van der Waals surface area contributed by atoms with Gasteiger partial charge in [0.25, 0.3) is 0 Å². The molecule has 0 aromatic carbocycles. The fourth-order valence-corrected chi connectivity index (χ4v) is 3.71. The van der Waals surface area contributed by atoms with Gasteiger partial charge in [-0.05, 0) is 29.7 Å². The Labute approximate surface area is 132 Å². The Hall–Kier alpha value is -1.24. The second-order valence-corrected chi connectivity index (χ2v) is 7.39. The molecule has 1 saturated heterocycles. The predicted molar refractivity (Wildman–Crippen MR) is 80.9 cm³/mol. The van der Waals surface area contributed by atoms with Crippen LogP contribution in [-0.4, -0.2) is 36.7 Å². The highest BCUT2D eigenvalue weighted by atomic mass is 32.1. The fourth-order valence-electron chi connectivity index (χ4n) is 3.00. The summed E-state index contributed by atoms with van der Waals surface area (Å²) in [7, 11) is 0. The zero-order valence-electron chi connectivity index (χ0n) is 12.7. The molecule has 0 unspecified atom stereocenters. The third kappa shape index (κ3) is 4.15. The molecule has 124 valence electrons. The molecule has 7 heteroatoms. The summed E-state index contributed by atoms with van der Waals surface area (Å²) in [4.78, 5) is 14.8. The summed E-state index contributed by atoms with van der Waals surface area (Å²) in [5.74, 6) is -1.35. The molecule has 1 fully saturated rings. The van der Waals surface area contributed by atoms with Crippen molar-refractivity contribution in [3.63, 3.8) is 0 Å². The molecule has 1 aliphatic heterocycles. The van der Waals surface area contributed by atoms with E-state index in [-0.39, 0.29) is 25.5 Å². The van der Waals surface area contributed by atoms with Gasteiger partial charge in [-0.25, -0.2) is 4.79 Å². The summed E-state index contributed by atoms with van der Waals surface area (Å²) in [6.45, 7) is 3.94. The van der Waals surface area contributed by atoms with E-state index in [4.69, 9.17) is 0 Å². The number of piperidine rings is 1. The van der Waals surface area contributed by atoms with E-state index in [2.05, 4.69) is 5.32 Å². The minimum absolute atomic E-state index is 0.0329. The van der Waals surface area contributed by atoms with Gasteiger partial charge in [-0.3, -0.25) is 0 Å². The molecule has 2 amide bonds. The van der Waals surface area contributed by atoms with Crippen LogP contribution in [0.25, 0.3) is 0 Å². The minimum Gasteiger partial charge on any atom is -0.338 e. The predicted octanol–water partition coefficient (Wildman–Crippen LogP) is 3.91. The number of carbonyl (C=O) groups excluding carboxylic acids is 1. The molecule has 3 nitrogen and oxygen atoms in total. The maximum atomic E-state index is 13.0. The normalized spacial score (nSPS) is 21.7. The number of carbonyl (C=O) groups is 1. The molecule has 0 bridgehead atoms. The van der Waals surface area contributed by atoms with Gasteiger partial charge in [-0.2, -0.15) is 13.2 Å². The van der Waals surface area contributed by atoms with Gasteiger partial charge in [0.05, 0.1) is 5.92 Å². The van der Waals surface area contributed by atoms with Crippen molar-refractivity contribution in [2.75, 3.05) is 19.6 Å². The lowest BCUT2D eigenvalue weighted by Crippen LogP contribution is -2.54. The average molecular weight is 334 g/mol. The number of amides is 2. The van der Waals surface area contributed by atoms with E-state index in [9.17, 15) is 18.0 Å². The van der Waals surface area contributed by atoms with Crippen LogP contribution in [0, 0.1) is 11.3 Å². The number of thiophene rings is 1. The average Bonchev–Trinajstić information content (AvgIpc) is 2.88. The van der Waals surface area contributed by atoms with Crippen LogP contribution in [0.1, 0.15) is 25.1 Å². The second kappa shape index (κ2) is 6.48. The van der Waals surface area contributed by atoms with Crippen molar-refractivity contribution in [2.24, 2.45) is 11.3 Å². The Morgan fingerprint density at radius 3 is 2.77 bits per heavy atom. The molecule has 2 rings (SSSR count). The molecule has 0 radical (unpaired) electrons. The molecule has 2 heterocycles. The van der Waals surface area contributed by atoms with Crippen LogP contribution in [-0.2, 0) is 6.42 Å². The van der Waals surface area contributed by atoms with Crippen LogP contribution in [0.4, 0.5) is 18.0 Å². The maximum absolute atomic E-state index is 13.0. The monoisotopic (exact) mass is 334 g/mol. The molecule has 1 N–H and O–H groups in total. The third-order valence-electron chi connectivity index (χ3n) is 4.14. The number of rotatable bonds is 3. The largest absolute Gasteiger partial charge is 0.392 e. The van der Waals surface area contributed by atoms with Crippen LogP contribution in [0.5, 0.6) is 0 Å². The van der Waals surface area contributed by atoms with Gasteiger partial charge in [0.2, 0.25) is 0 Å². The summed E-state index contributed by atoms with van der Waals surface area (Å²) in [5.41, 5.74) is -0.957. The van der Waals surface area contributed by atoms with Gasteiger partial charge in [-0.15, -0.1) is 11.3 Å². The summed E-state index contributed by atoms with van der Waals surface area (Å²) in [5, 5.41) is 4.77. The van der Waals surface area contributed by atoms with Crippen molar-refractivity contribution < 1.29 is 18.0 Å². The van der Waals surface area contributed by atoms with Crippen molar-refractivity contribution >= 4 is 17.4 Å². The number of likely N-dealkylation sites (tertiary alicyclic amines) is 1. The van der Waals surface area contributed by atoms with E-state index in [1.165, 1.54) is 9.78 Å². The topological polar surface area (TPSA) is 32.3 Å². The lowest BCUT2D eigenvalue weighted by Gasteiger charge is -2.44. The van der Waals surface area contributed by atoms with Gasteiger partial charge < -0.3 is 10.2 Å². The lowest BCUT2D eigenvalue weighted by atomic mass is 9.73. The van der Waals surface area contributed by atoms with Crippen molar-refractivity contribution in [3.8, 4) is 0 Å². The van der Waals surface area contributed by atoms with E-state index in [1.54, 1.807) is 25.2 Å². The molecular weight excluding hydrogens is 313 g/mol. The van der Waals surface area contributed by atoms with Crippen molar-refractivity contribution in [2.45, 2.75) is 32.9 Å². The molecule has 1 aromatic rings. The summed E-state index contributed by atoms with van der Waals surface area (Å²) >= 11 is 1.62. The minimum atomic E-state index is -4.20. The van der Waals surface area contributed by atoms with E-state index >= 15 is 0 Å². The highest BCUT2D eigenvalue weighted by Crippen LogP contribution is 2.44. The van der Waals surface area contributed by atoms with Crippen LogP contribution in [0.15, 0.2) is 17.5 Å². The number of urea groups is 1. The van der Waals surface area contributed by atoms with Gasteiger partial charge in [0, 0.05) is 24.5 Å². The molecular formula is C15H21F3N2OS. The Bertz CT molecular complexity index is 499. The molecule has 1 atom stereocenters. The maximum Gasteiger partial charge on any atom is 0.392 e. The van der Waals surface area contributed by atoms with Crippen molar-refractivity contribution in [1.29, 1.82) is 0 Å². The Morgan fingerprint density at radius 2 is 2.23 bits per heavy atom. The van der Waals surface area contributed by atoms with Crippen LogP contribution >= 0.6 is 11.3 Å². The zero-order chi connectivity index (χ0) is 16.4. The first kappa shape index (κ1) is 17.1. The molecule has 0 saturated carbocycles. The van der Waals surface area contributed by atoms with Crippen LogP contribution < -0.4 is 5.32 Å². The SMILES string of the molecule is CC1(C)CN(C(=O)NCCc2cccs2)CC[C@@H]1C(F)(F)F. The highest BCUT2D eigenvalue weighted by molar-refractivity contribution is 7.09. The van der Waals surface area contributed by atoms with E-state index in [0.717, 1.165) is 6.42 Å². The van der Waals surface area contributed by atoms with E-state index in [1.807, 2.05) is 17.5 Å². The molecule has 22 heavy (non-hydrogen) atoms. The van der Waals surface area contributed by atoms with Crippen molar-refractivity contribution in [3.05, 3.63) is 22.4 Å². The molecule has 0 aliphatic carbocycles. The first-order chi connectivity index (χ1) is 10.2. The second-order valence-electron chi connectivity index (χ2n) is 6.35. The molecule has 1 aliphatic rings. The van der Waals surface area contributed by atoms with Gasteiger partial charge >= 0.3 is 12.2 Å². The lowest BCUT2D eigenvalue weighted by molar-refractivity contribution is -0.214. The highest BCUT2D eigenvalue weighted by Gasteiger charge is 2.51. The zero-order valence-corrected chi connectivity index (χ0v) is 13.6. The number of halogens is 3. The van der Waals surface area contributed by atoms with E-state index in [0.29, 0.717) is 6.54 Å². The summed E-state index contributed by atoms with van der Waals surface area (Å²) in [6.07, 6.45) is -3.49. The number of alkyl halides is 3. The third-order valence-corrected chi connectivity index (χ3v) is 5.08. The fraction of sp³-hybridized carbons (Fsp3) is 0.667. The van der Waals surface area contributed by atoms with Crippen LogP contribution in [0.3, 0.4) is 0 Å². The quantitative estimate of drug-likeness (QED) is 0.893. The number of hydrogen-bond acceptors (Lipinski definition) is 2. The van der Waals surface area contributed by atoms with Crippen LogP contribution in [0.2, 0.25) is 0 Å². The smallest absolute Gasteiger partial charge is 0.338 e. The van der Waals surface area contributed by atoms with E-state index < -0.39 is 17.5 Å². The Kier molecular flexibility index (Phi) is 5.04. The number of hydrogen-bond donors (Lipinski definition) is 1. The first-order valence-electron chi connectivity index (χ1n) is 7.32. The van der Waals surface area contributed by atoms with Gasteiger partial charge in [-0.1, -0.05) is 19.9 Å². The Balaban J connectivity index is 1.85. The summed E-state index contributed by atoms with van der Waals surface area (Å²) < 4.78 is 39.0. The number of nitrogens with zero attached hydrogens (tertiary/aromatic N) is 1. The first-order valence-corrected chi connectivity index (χ1v) is 8.20. The number of nitrogens with one attached hydrogen (secondary N) is 1. The molecule has 0 spiro atoms. The van der Waals surface area contributed by atoms with Gasteiger partial charge in [0.15, 0.2) is 0 Å². The summed E-state index contributed by atoms with van der Waals surface area (Å²) in [6, 6.07) is 3.67. The van der Waals surface area contributed by atoms with Gasteiger partial charge in [0.1, 0.15) is 0 Å².